The Labute approximate surface area is 121 Å². The molecule has 1 atom stereocenters. The first-order valence-corrected chi connectivity index (χ1v) is 7.63. The smallest absolute Gasteiger partial charge is 0.122 e. The van der Waals surface area contributed by atoms with Crippen molar-refractivity contribution in [3.05, 3.63) is 23.8 Å². The maximum atomic E-state index is 6.02. The van der Waals surface area contributed by atoms with Crippen LogP contribution < -0.4 is 15.0 Å². The van der Waals surface area contributed by atoms with Gasteiger partial charge < -0.3 is 19.7 Å². The second kappa shape index (κ2) is 6.46. The lowest BCUT2D eigenvalue weighted by Gasteiger charge is -2.31. The molecule has 2 saturated heterocycles. The second-order valence-corrected chi connectivity index (χ2v) is 5.64. The van der Waals surface area contributed by atoms with E-state index in [9.17, 15) is 0 Å². The van der Waals surface area contributed by atoms with Crippen LogP contribution in [-0.2, 0) is 4.74 Å². The molecule has 4 nitrogen and oxygen atoms in total. The molecule has 4 heteroatoms. The van der Waals surface area contributed by atoms with E-state index in [1.54, 1.807) is 0 Å². The minimum atomic E-state index is 0.216. The molecule has 0 spiro atoms. The molecule has 2 heterocycles. The maximum absolute atomic E-state index is 6.02. The highest BCUT2D eigenvalue weighted by Gasteiger charge is 2.17. The Morgan fingerprint density at radius 2 is 2.15 bits per heavy atom. The first kappa shape index (κ1) is 13.7. The molecule has 1 N–H and O–H groups in total. The third-order valence-electron chi connectivity index (χ3n) is 4.05. The molecule has 0 amide bonds. The molecule has 0 saturated carbocycles. The molecular weight excluding hydrogens is 252 g/mol. The van der Waals surface area contributed by atoms with Crippen molar-refractivity contribution < 1.29 is 9.47 Å². The number of rotatable bonds is 3. The van der Waals surface area contributed by atoms with Crippen molar-refractivity contribution in [3.63, 3.8) is 0 Å². The minimum Gasteiger partial charge on any atom is -0.488 e. The summed E-state index contributed by atoms with van der Waals surface area (Å²) in [7, 11) is 0. The number of hydrogen-bond donors (Lipinski definition) is 1. The molecule has 2 aliphatic heterocycles. The lowest BCUT2D eigenvalue weighted by atomic mass is 10.1. The largest absolute Gasteiger partial charge is 0.488 e. The van der Waals surface area contributed by atoms with E-state index in [0.717, 1.165) is 58.0 Å². The van der Waals surface area contributed by atoms with E-state index in [1.165, 1.54) is 11.3 Å². The lowest BCUT2D eigenvalue weighted by molar-refractivity contribution is 0.00741. The number of piperazine rings is 1. The van der Waals surface area contributed by atoms with Crippen LogP contribution in [0, 0.1) is 6.92 Å². The van der Waals surface area contributed by atoms with Crippen LogP contribution >= 0.6 is 0 Å². The van der Waals surface area contributed by atoms with Gasteiger partial charge in [-0.1, -0.05) is 0 Å². The average molecular weight is 276 g/mol. The van der Waals surface area contributed by atoms with Gasteiger partial charge in [0.25, 0.3) is 0 Å². The Balaban J connectivity index is 1.66. The summed E-state index contributed by atoms with van der Waals surface area (Å²) in [5.41, 5.74) is 2.62. The number of benzene rings is 1. The van der Waals surface area contributed by atoms with E-state index < -0.39 is 0 Å². The standard InChI is InChI=1S/C16H24N2O2/c1-13-11-14(20-15-3-2-10-19-12-15)4-5-16(13)18-8-6-17-7-9-18/h4-5,11,15,17H,2-3,6-10,12H2,1H3. The highest BCUT2D eigenvalue weighted by atomic mass is 16.5. The molecule has 3 rings (SSSR count). The third-order valence-corrected chi connectivity index (χ3v) is 4.05. The highest BCUT2D eigenvalue weighted by Crippen LogP contribution is 2.26. The molecule has 0 bridgehead atoms. The van der Waals surface area contributed by atoms with Gasteiger partial charge in [0, 0.05) is 38.5 Å². The Bertz CT molecular complexity index is 438. The number of hydrogen-bond acceptors (Lipinski definition) is 4. The predicted octanol–water partition coefficient (Wildman–Crippen LogP) is 1.96. The van der Waals surface area contributed by atoms with E-state index in [0.29, 0.717) is 0 Å². The van der Waals surface area contributed by atoms with Crippen molar-refractivity contribution >= 4 is 5.69 Å². The molecular formula is C16H24N2O2. The van der Waals surface area contributed by atoms with Gasteiger partial charge in [-0.3, -0.25) is 0 Å². The summed E-state index contributed by atoms with van der Waals surface area (Å²) in [4.78, 5) is 2.44. The summed E-state index contributed by atoms with van der Waals surface area (Å²) in [6.45, 7) is 8.06. The predicted molar refractivity (Wildman–Crippen MR) is 80.7 cm³/mol. The van der Waals surface area contributed by atoms with Gasteiger partial charge in [-0.2, -0.15) is 0 Å². The van der Waals surface area contributed by atoms with E-state index >= 15 is 0 Å². The van der Waals surface area contributed by atoms with Crippen molar-refractivity contribution in [2.45, 2.75) is 25.9 Å². The first-order chi connectivity index (χ1) is 9.83. The maximum Gasteiger partial charge on any atom is 0.122 e. The SMILES string of the molecule is Cc1cc(OC2CCCOC2)ccc1N1CCNCC1. The lowest BCUT2D eigenvalue weighted by Crippen LogP contribution is -2.43. The summed E-state index contributed by atoms with van der Waals surface area (Å²) in [5, 5.41) is 3.39. The molecule has 0 radical (unpaired) electrons. The van der Waals surface area contributed by atoms with Crippen LogP contribution in [-0.4, -0.2) is 45.5 Å². The summed E-state index contributed by atoms with van der Waals surface area (Å²) in [5.74, 6) is 0.969. The van der Waals surface area contributed by atoms with Gasteiger partial charge in [-0.15, -0.1) is 0 Å². The van der Waals surface area contributed by atoms with E-state index in [4.69, 9.17) is 9.47 Å². The van der Waals surface area contributed by atoms with Crippen LogP contribution in [0.5, 0.6) is 5.75 Å². The van der Waals surface area contributed by atoms with Gasteiger partial charge in [-0.05, 0) is 43.5 Å². The average Bonchev–Trinajstić information content (AvgIpc) is 2.49. The van der Waals surface area contributed by atoms with Crippen molar-refractivity contribution in [1.82, 2.24) is 5.32 Å². The van der Waals surface area contributed by atoms with Crippen molar-refractivity contribution in [2.75, 3.05) is 44.3 Å². The molecule has 2 fully saturated rings. The molecule has 1 aromatic rings. The van der Waals surface area contributed by atoms with Crippen LogP contribution in [0.1, 0.15) is 18.4 Å². The molecule has 0 aromatic heterocycles. The van der Waals surface area contributed by atoms with Crippen LogP contribution in [0.15, 0.2) is 18.2 Å². The van der Waals surface area contributed by atoms with Gasteiger partial charge >= 0.3 is 0 Å². The highest BCUT2D eigenvalue weighted by molar-refractivity contribution is 5.56. The van der Waals surface area contributed by atoms with Gasteiger partial charge in [0.05, 0.1) is 6.61 Å². The molecule has 1 unspecified atom stereocenters. The Hall–Kier alpha value is -1.26. The third kappa shape index (κ3) is 3.25. The number of ether oxygens (including phenoxy) is 2. The number of nitrogens with zero attached hydrogens (tertiary/aromatic N) is 1. The molecule has 110 valence electrons. The van der Waals surface area contributed by atoms with Gasteiger partial charge in [-0.25, -0.2) is 0 Å². The topological polar surface area (TPSA) is 33.7 Å². The zero-order chi connectivity index (χ0) is 13.8. The van der Waals surface area contributed by atoms with Crippen LogP contribution in [0.25, 0.3) is 0 Å². The Kier molecular flexibility index (Phi) is 4.43. The zero-order valence-corrected chi connectivity index (χ0v) is 12.2. The molecule has 1 aromatic carbocycles. The van der Waals surface area contributed by atoms with Gasteiger partial charge in [0.1, 0.15) is 11.9 Å². The number of nitrogens with one attached hydrogen (secondary N) is 1. The number of anilines is 1. The Morgan fingerprint density at radius 3 is 2.85 bits per heavy atom. The fourth-order valence-electron chi connectivity index (χ4n) is 2.96. The van der Waals surface area contributed by atoms with Gasteiger partial charge in [0.2, 0.25) is 0 Å². The molecule has 2 aliphatic rings. The monoisotopic (exact) mass is 276 g/mol. The first-order valence-electron chi connectivity index (χ1n) is 7.63. The quantitative estimate of drug-likeness (QED) is 0.915. The normalized spacial score (nSPS) is 23.6. The van der Waals surface area contributed by atoms with E-state index in [-0.39, 0.29) is 6.10 Å². The zero-order valence-electron chi connectivity index (χ0n) is 12.2. The molecule has 20 heavy (non-hydrogen) atoms. The molecule has 0 aliphatic carbocycles. The second-order valence-electron chi connectivity index (χ2n) is 5.64. The fourth-order valence-corrected chi connectivity index (χ4v) is 2.96. The number of aryl methyl sites for hydroxylation is 1. The summed E-state index contributed by atoms with van der Waals surface area (Å²) in [6, 6.07) is 6.45. The van der Waals surface area contributed by atoms with Crippen molar-refractivity contribution in [2.24, 2.45) is 0 Å². The summed E-state index contributed by atoms with van der Waals surface area (Å²) in [6.07, 6.45) is 2.41. The van der Waals surface area contributed by atoms with Crippen molar-refractivity contribution in [3.8, 4) is 5.75 Å². The minimum absolute atomic E-state index is 0.216. The van der Waals surface area contributed by atoms with Crippen LogP contribution in [0.4, 0.5) is 5.69 Å². The Morgan fingerprint density at radius 1 is 1.30 bits per heavy atom. The van der Waals surface area contributed by atoms with E-state index in [2.05, 4.69) is 35.3 Å². The van der Waals surface area contributed by atoms with Crippen LogP contribution in [0.2, 0.25) is 0 Å². The fraction of sp³-hybridized carbons (Fsp3) is 0.625. The van der Waals surface area contributed by atoms with Crippen molar-refractivity contribution in [1.29, 1.82) is 0 Å². The summed E-state index contributed by atoms with van der Waals surface area (Å²) >= 11 is 0. The van der Waals surface area contributed by atoms with Crippen LogP contribution in [0.3, 0.4) is 0 Å². The van der Waals surface area contributed by atoms with E-state index in [1.807, 2.05) is 0 Å². The van der Waals surface area contributed by atoms with Gasteiger partial charge in [0.15, 0.2) is 0 Å². The summed E-state index contributed by atoms with van der Waals surface area (Å²) < 4.78 is 11.5.